The van der Waals surface area contributed by atoms with Crippen molar-refractivity contribution in [3.63, 3.8) is 0 Å². The fourth-order valence-corrected chi connectivity index (χ4v) is 1.58. The van der Waals surface area contributed by atoms with Crippen LogP contribution < -0.4 is 0 Å². The third-order valence-electron chi connectivity index (χ3n) is 2.99. The van der Waals surface area contributed by atoms with Crippen LogP contribution in [0.2, 0.25) is 0 Å². The molecule has 0 saturated carbocycles. The molecular weight excluding hydrogens is 277 g/mol. The molecule has 1 aromatic carbocycles. The lowest BCUT2D eigenvalue weighted by atomic mass is 10.1. The normalized spacial score (nSPS) is 11.9. The maximum atomic E-state index is 13.0. The van der Waals surface area contributed by atoms with Crippen molar-refractivity contribution in [3.8, 4) is 6.07 Å². The van der Waals surface area contributed by atoms with Gasteiger partial charge in [0.05, 0.1) is 29.0 Å². The van der Waals surface area contributed by atoms with Gasteiger partial charge in [0, 0.05) is 19.2 Å². The lowest BCUT2D eigenvalue weighted by molar-refractivity contribution is -0.385. The quantitative estimate of drug-likeness (QED) is 0.473. The van der Waals surface area contributed by atoms with Crippen molar-refractivity contribution in [2.75, 3.05) is 7.05 Å². The van der Waals surface area contributed by atoms with Crippen molar-refractivity contribution in [1.29, 1.82) is 5.26 Å². The highest BCUT2D eigenvalue weighted by Gasteiger charge is 2.15. The lowest BCUT2D eigenvalue weighted by Gasteiger charge is -2.21. The van der Waals surface area contributed by atoms with Crippen LogP contribution in [0.5, 0.6) is 0 Å². The van der Waals surface area contributed by atoms with Gasteiger partial charge in [0.2, 0.25) is 5.91 Å². The molecule has 21 heavy (non-hydrogen) atoms. The molecule has 0 saturated heterocycles. The van der Waals surface area contributed by atoms with E-state index in [0.29, 0.717) is 0 Å². The molecule has 0 spiro atoms. The Kier molecular flexibility index (Phi) is 5.55. The van der Waals surface area contributed by atoms with Crippen molar-refractivity contribution in [3.05, 3.63) is 45.8 Å². The summed E-state index contributed by atoms with van der Waals surface area (Å²) in [6.07, 6.45) is 2.61. The van der Waals surface area contributed by atoms with Crippen LogP contribution in [0, 0.1) is 27.3 Å². The summed E-state index contributed by atoms with van der Waals surface area (Å²) in [7, 11) is 1.54. The van der Waals surface area contributed by atoms with E-state index in [-0.39, 0.29) is 18.0 Å². The molecule has 110 valence electrons. The van der Waals surface area contributed by atoms with E-state index in [1.807, 2.05) is 6.07 Å². The molecule has 0 heterocycles. The van der Waals surface area contributed by atoms with Crippen LogP contribution in [0.1, 0.15) is 18.9 Å². The number of halogens is 1. The number of hydrogen-bond acceptors (Lipinski definition) is 4. The average Bonchev–Trinajstić information content (AvgIpc) is 2.44. The number of likely N-dealkylation sites (N-methyl/N-ethyl adjacent to an activating group) is 1. The van der Waals surface area contributed by atoms with Gasteiger partial charge in [0.15, 0.2) is 0 Å². The Morgan fingerprint density at radius 1 is 1.62 bits per heavy atom. The predicted octanol–water partition coefficient (Wildman–Crippen LogP) is 2.51. The number of benzene rings is 1. The summed E-state index contributed by atoms with van der Waals surface area (Å²) in [6.45, 7) is 1.72. The summed E-state index contributed by atoms with van der Waals surface area (Å²) in [5.74, 6) is -1.11. The lowest BCUT2D eigenvalue weighted by Crippen LogP contribution is -2.33. The van der Waals surface area contributed by atoms with E-state index in [2.05, 4.69) is 0 Å². The minimum atomic E-state index is -0.718. The van der Waals surface area contributed by atoms with Crippen molar-refractivity contribution in [2.24, 2.45) is 0 Å². The third-order valence-corrected chi connectivity index (χ3v) is 2.99. The average molecular weight is 291 g/mol. The zero-order valence-electron chi connectivity index (χ0n) is 11.6. The molecular formula is C14H14FN3O3. The fraction of sp³-hybridized carbons (Fsp3) is 0.286. The number of nitro benzene ring substituents is 1. The number of amides is 1. The molecule has 1 rings (SSSR count). The Bertz CT molecular complexity index is 622. The molecule has 0 bridgehead atoms. The second kappa shape index (κ2) is 7.14. The first-order valence-corrected chi connectivity index (χ1v) is 6.12. The monoisotopic (exact) mass is 291 g/mol. The Morgan fingerprint density at radius 3 is 2.86 bits per heavy atom. The van der Waals surface area contributed by atoms with Gasteiger partial charge < -0.3 is 4.90 Å². The standard InChI is InChI=1S/C14H14FN3O3/c1-10(7-8-16)17(2)14(19)6-4-11-3-5-12(15)9-13(11)18(20)21/h3-6,9-10H,7H2,1-2H3/b6-4+. The van der Waals surface area contributed by atoms with Crippen LogP contribution >= 0.6 is 0 Å². The van der Waals surface area contributed by atoms with Gasteiger partial charge in [-0.2, -0.15) is 5.26 Å². The fourth-order valence-electron chi connectivity index (χ4n) is 1.58. The number of nitro groups is 1. The number of nitriles is 1. The van der Waals surface area contributed by atoms with E-state index in [4.69, 9.17) is 5.26 Å². The highest BCUT2D eigenvalue weighted by atomic mass is 19.1. The Hall–Kier alpha value is -2.75. The van der Waals surface area contributed by atoms with Crippen LogP contribution in [-0.4, -0.2) is 28.8 Å². The zero-order chi connectivity index (χ0) is 16.0. The predicted molar refractivity (Wildman–Crippen MR) is 74.6 cm³/mol. The summed E-state index contributed by atoms with van der Waals surface area (Å²) in [6, 6.07) is 4.80. The molecule has 0 radical (unpaired) electrons. The first-order valence-electron chi connectivity index (χ1n) is 6.12. The molecule has 0 aromatic heterocycles. The molecule has 0 aliphatic heterocycles. The van der Waals surface area contributed by atoms with Gasteiger partial charge in [-0.15, -0.1) is 0 Å². The number of carbonyl (C=O) groups is 1. The zero-order valence-corrected chi connectivity index (χ0v) is 11.6. The number of nitrogens with zero attached hydrogens (tertiary/aromatic N) is 3. The van der Waals surface area contributed by atoms with Gasteiger partial charge in [-0.1, -0.05) is 0 Å². The Morgan fingerprint density at radius 2 is 2.29 bits per heavy atom. The van der Waals surface area contributed by atoms with Crippen molar-refractivity contribution in [1.82, 2.24) is 4.90 Å². The topological polar surface area (TPSA) is 87.2 Å². The van der Waals surface area contributed by atoms with E-state index in [9.17, 15) is 19.3 Å². The van der Waals surface area contributed by atoms with E-state index in [1.54, 1.807) is 6.92 Å². The molecule has 1 amide bonds. The first kappa shape index (κ1) is 16.3. The molecule has 1 unspecified atom stereocenters. The second-order valence-electron chi connectivity index (χ2n) is 4.45. The largest absolute Gasteiger partial charge is 0.338 e. The van der Waals surface area contributed by atoms with E-state index in [0.717, 1.165) is 18.2 Å². The van der Waals surface area contributed by atoms with Crippen LogP contribution in [0.4, 0.5) is 10.1 Å². The van der Waals surface area contributed by atoms with Crippen LogP contribution in [0.15, 0.2) is 24.3 Å². The van der Waals surface area contributed by atoms with Gasteiger partial charge >= 0.3 is 0 Å². The van der Waals surface area contributed by atoms with Crippen LogP contribution in [0.3, 0.4) is 0 Å². The highest BCUT2D eigenvalue weighted by molar-refractivity contribution is 5.92. The number of hydrogen-bond donors (Lipinski definition) is 0. The minimum absolute atomic E-state index is 0.135. The molecule has 1 atom stereocenters. The number of rotatable bonds is 5. The van der Waals surface area contributed by atoms with Gasteiger partial charge in [0.25, 0.3) is 5.69 Å². The summed E-state index contributed by atoms with van der Waals surface area (Å²) in [5, 5.41) is 19.4. The smallest absolute Gasteiger partial charge is 0.279 e. The third kappa shape index (κ3) is 4.38. The molecule has 1 aromatic rings. The SMILES string of the molecule is CC(CC#N)N(C)C(=O)/C=C/c1ccc(F)cc1[N+](=O)[O-]. The van der Waals surface area contributed by atoms with Gasteiger partial charge in [-0.25, -0.2) is 4.39 Å². The van der Waals surface area contributed by atoms with Crippen LogP contribution in [0.25, 0.3) is 6.08 Å². The number of carbonyl (C=O) groups excluding carboxylic acids is 1. The molecule has 0 aliphatic rings. The minimum Gasteiger partial charge on any atom is -0.338 e. The molecule has 0 fully saturated rings. The maximum Gasteiger partial charge on any atom is 0.279 e. The van der Waals surface area contributed by atoms with Crippen molar-refractivity contribution in [2.45, 2.75) is 19.4 Å². The summed E-state index contributed by atoms with van der Waals surface area (Å²) in [4.78, 5) is 23.3. The Balaban J connectivity index is 2.93. The Labute approximate surface area is 121 Å². The first-order chi connectivity index (χ1) is 9.86. The van der Waals surface area contributed by atoms with E-state index >= 15 is 0 Å². The van der Waals surface area contributed by atoms with Gasteiger partial charge in [0.1, 0.15) is 5.82 Å². The van der Waals surface area contributed by atoms with Gasteiger partial charge in [-0.3, -0.25) is 14.9 Å². The molecule has 0 N–H and O–H groups in total. The second-order valence-corrected chi connectivity index (χ2v) is 4.45. The maximum absolute atomic E-state index is 13.0. The van der Waals surface area contributed by atoms with Crippen LogP contribution in [-0.2, 0) is 4.79 Å². The highest BCUT2D eigenvalue weighted by Crippen LogP contribution is 2.21. The molecule has 6 nitrogen and oxygen atoms in total. The summed E-state index contributed by atoms with van der Waals surface area (Å²) in [5.41, 5.74) is -0.275. The summed E-state index contributed by atoms with van der Waals surface area (Å²) >= 11 is 0. The van der Waals surface area contributed by atoms with Crippen molar-refractivity contribution < 1.29 is 14.1 Å². The van der Waals surface area contributed by atoms with E-state index < -0.39 is 22.3 Å². The molecule has 0 aliphatic carbocycles. The van der Waals surface area contributed by atoms with Gasteiger partial charge in [-0.05, 0) is 25.1 Å². The summed E-state index contributed by atoms with van der Waals surface area (Å²) < 4.78 is 13.0. The van der Waals surface area contributed by atoms with Crippen molar-refractivity contribution >= 4 is 17.7 Å². The molecule has 7 heteroatoms. The van der Waals surface area contributed by atoms with E-state index in [1.165, 1.54) is 24.1 Å².